The smallest absolute Gasteiger partial charge is 0.0743 e. The Kier molecular flexibility index (Phi) is 5.79. The number of nitrogens with one attached hydrogen (secondary N) is 1. The van der Waals surface area contributed by atoms with Gasteiger partial charge in [0.1, 0.15) is 0 Å². The van der Waals surface area contributed by atoms with E-state index in [0.29, 0.717) is 6.54 Å². The van der Waals surface area contributed by atoms with Crippen LogP contribution in [-0.4, -0.2) is 23.8 Å². The van der Waals surface area contributed by atoms with Crippen LogP contribution in [0.4, 0.5) is 0 Å². The molecule has 0 aromatic carbocycles. The van der Waals surface area contributed by atoms with E-state index in [4.69, 9.17) is 6.42 Å². The molecule has 0 spiro atoms. The average molecular weight is 169 g/mol. The second-order valence-electron chi connectivity index (χ2n) is 3.38. The standard InChI is InChI=1S/C10H19NO/c1-4-6-8-11-9-10(3,12)7-5-2/h1,11-12H,5-9H2,2-3H3. The fraction of sp³-hybridized carbons (Fsp3) is 0.800. The van der Waals surface area contributed by atoms with Gasteiger partial charge in [0.2, 0.25) is 0 Å². The van der Waals surface area contributed by atoms with Crippen molar-refractivity contribution in [1.29, 1.82) is 0 Å². The highest BCUT2D eigenvalue weighted by Crippen LogP contribution is 2.09. The summed E-state index contributed by atoms with van der Waals surface area (Å²) in [7, 11) is 0. The van der Waals surface area contributed by atoms with Crippen LogP contribution < -0.4 is 5.32 Å². The molecule has 70 valence electrons. The zero-order valence-corrected chi connectivity index (χ0v) is 8.06. The van der Waals surface area contributed by atoms with Crippen LogP contribution in [0.25, 0.3) is 0 Å². The minimum Gasteiger partial charge on any atom is -0.389 e. The third-order valence-electron chi connectivity index (χ3n) is 1.74. The van der Waals surface area contributed by atoms with Crippen molar-refractivity contribution in [2.24, 2.45) is 0 Å². The Bertz CT molecular complexity index is 146. The van der Waals surface area contributed by atoms with Gasteiger partial charge >= 0.3 is 0 Å². The highest BCUT2D eigenvalue weighted by molar-refractivity contribution is 4.85. The molecule has 12 heavy (non-hydrogen) atoms. The van der Waals surface area contributed by atoms with Gasteiger partial charge in [0.05, 0.1) is 5.60 Å². The van der Waals surface area contributed by atoms with Crippen molar-refractivity contribution in [3.63, 3.8) is 0 Å². The van der Waals surface area contributed by atoms with Crippen molar-refractivity contribution < 1.29 is 5.11 Å². The first-order chi connectivity index (χ1) is 5.62. The van der Waals surface area contributed by atoms with Crippen molar-refractivity contribution in [1.82, 2.24) is 5.32 Å². The SMILES string of the molecule is C#CCCNCC(C)(O)CCC. The molecule has 0 aromatic rings. The summed E-state index contributed by atoms with van der Waals surface area (Å²) < 4.78 is 0. The summed E-state index contributed by atoms with van der Waals surface area (Å²) in [5, 5.41) is 12.8. The lowest BCUT2D eigenvalue weighted by atomic mass is 10.0. The summed E-state index contributed by atoms with van der Waals surface area (Å²) in [5.41, 5.74) is -0.580. The van der Waals surface area contributed by atoms with Gasteiger partial charge in [0.25, 0.3) is 0 Å². The number of hydrogen-bond acceptors (Lipinski definition) is 2. The predicted molar refractivity (Wildman–Crippen MR) is 51.9 cm³/mol. The Labute approximate surface area is 75.4 Å². The van der Waals surface area contributed by atoms with E-state index in [9.17, 15) is 5.11 Å². The van der Waals surface area contributed by atoms with Crippen LogP contribution in [0.3, 0.4) is 0 Å². The first-order valence-electron chi connectivity index (χ1n) is 4.49. The first-order valence-corrected chi connectivity index (χ1v) is 4.49. The molecule has 0 radical (unpaired) electrons. The van der Waals surface area contributed by atoms with Crippen LogP contribution in [0.2, 0.25) is 0 Å². The molecule has 2 heteroatoms. The number of rotatable bonds is 6. The van der Waals surface area contributed by atoms with Gasteiger partial charge < -0.3 is 10.4 Å². The molecule has 0 saturated heterocycles. The van der Waals surface area contributed by atoms with E-state index in [0.717, 1.165) is 25.8 Å². The molecule has 0 aliphatic rings. The lowest BCUT2D eigenvalue weighted by molar-refractivity contribution is 0.0504. The molecule has 2 N–H and O–H groups in total. The quantitative estimate of drug-likeness (QED) is 0.462. The van der Waals surface area contributed by atoms with Crippen LogP contribution >= 0.6 is 0 Å². The fourth-order valence-electron chi connectivity index (χ4n) is 1.15. The topological polar surface area (TPSA) is 32.3 Å². The van der Waals surface area contributed by atoms with Crippen molar-refractivity contribution in [2.75, 3.05) is 13.1 Å². The van der Waals surface area contributed by atoms with E-state index in [-0.39, 0.29) is 0 Å². The Morgan fingerprint density at radius 1 is 1.58 bits per heavy atom. The first kappa shape index (κ1) is 11.5. The summed E-state index contributed by atoms with van der Waals surface area (Å²) in [5.74, 6) is 2.54. The highest BCUT2D eigenvalue weighted by atomic mass is 16.3. The molecule has 2 nitrogen and oxygen atoms in total. The molecule has 0 aliphatic heterocycles. The Morgan fingerprint density at radius 3 is 2.75 bits per heavy atom. The van der Waals surface area contributed by atoms with Gasteiger partial charge in [-0.3, -0.25) is 0 Å². The Balaban J connectivity index is 3.41. The van der Waals surface area contributed by atoms with Crippen LogP contribution in [0.1, 0.15) is 33.1 Å². The van der Waals surface area contributed by atoms with Crippen molar-refractivity contribution in [2.45, 2.75) is 38.7 Å². The molecule has 0 aliphatic carbocycles. The van der Waals surface area contributed by atoms with E-state index < -0.39 is 5.60 Å². The monoisotopic (exact) mass is 169 g/mol. The minimum atomic E-state index is -0.580. The zero-order valence-electron chi connectivity index (χ0n) is 8.06. The van der Waals surface area contributed by atoms with Gasteiger partial charge in [-0.1, -0.05) is 13.3 Å². The molecule has 1 atom stereocenters. The molecule has 0 aromatic heterocycles. The molecule has 0 bridgehead atoms. The van der Waals surface area contributed by atoms with Crippen LogP contribution in [0.15, 0.2) is 0 Å². The van der Waals surface area contributed by atoms with Gasteiger partial charge in [-0.15, -0.1) is 12.3 Å². The van der Waals surface area contributed by atoms with E-state index in [1.165, 1.54) is 0 Å². The maximum atomic E-state index is 9.70. The molecule has 0 heterocycles. The second kappa shape index (κ2) is 6.05. The molecule has 0 fully saturated rings. The van der Waals surface area contributed by atoms with E-state index >= 15 is 0 Å². The fourth-order valence-corrected chi connectivity index (χ4v) is 1.15. The van der Waals surface area contributed by atoms with E-state index in [2.05, 4.69) is 18.2 Å². The molecule has 1 unspecified atom stereocenters. The molecule has 0 saturated carbocycles. The van der Waals surface area contributed by atoms with Crippen LogP contribution in [-0.2, 0) is 0 Å². The molecule has 0 amide bonds. The van der Waals surface area contributed by atoms with Crippen molar-refractivity contribution in [3.8, 4) is 12.3 Å². The third-order valence-corrected chi connectivity index (χ3v) is 1.74. The van der Waals surface area contributed by atoms with Gasteiger partial charge in [-0.2, -0.15) is 0 Å². The van der Waals surface area contributed by atoms with Gasteiger partial charge in [0.15, 0.2) is 0 Å². The summed E-state index contributed by atoms with van der Waals surface area (Å²) in [6.45, 7) is 5.33. The lowest BCUT2D eigenvalue weighted by Gasteiger charge is -2.22. The van der Waals surface area contributed by atoms with Gasteiger partial charge in [-0.25, -0.2) is 0 Å². The maximum Gasteiger partial charge on any atom is 0.0743 e. The molecular formula is C10H19NO. The van der Waals surface area contributed by atoms with E-state index in [1.54, 1.807) is 0 Å². The largest absolute Gasteiger partial charge is 0.389 e. The minimum absolute atomic E-state index is 0.580. The van der Waals surface area contributed by atoms with Gasteiger partial charge in [0, 0.05) is 19.5 Å². The lowest BCUT2D eigenvalue weighted by Crippen LogP contribution is -2.37. The summed E-state index contributed by atoms with van der Waals surface area (Å²) in [4.78, 5) is 0. The van der Waals surface area contributed by atoms with Crippen molar-refractivity contribution >= 4 is 0 Å². The number of aliphatic hydroxyl groups is 1. The van der Waals surface area contributed by atoms with Crippen molar-refractivity contribution in [3.05, 3.63) is 0 Å². The highest BCUT2D eigenvalue weighted by Gasteiger charge is 2.17. The average Bonchev–Trinajstić information content (AvgIpc) is 1.98. The van der Waals surface area contributed by atoms with Crippen LogP contribution in [0.5, 0.6) is 0 Å². The predicted octanol–water partition coefficient (Wildman–Crippen LogP) is 1.15. The van der Waals surface area contributed by atoms with Crippen LogP contribution in [0, 0.1) is 12.3 Å². The summed E-state index contributed by atoms with van der Waals surface area (Å²) in [6, 6.07) is 0. The summed E-state index contributed by atoms with van der Waals surface area (Å²) >= 11 is 0. The van der Waals surface area contributed by atoms with Gasteiger partial charge in [-0.05, 0) is 13.3 Å². The van der Waals surface area contributed by atoms with E-state index in [1.807, 2.05) is 6.92 Å². The summed E-state index contributed by atoms with van der Waals surface area (Å²) in [6.07, 6.45) is 7.64. The number of terminal acetylenes is 1. The zero-order chi connectivity index (χ0) is 9.45. The Morgan fingerprint density at radius 2 is 2.25 bits per heavy atom. The molecular weight excluding hydrogens is 150 g/mol. The number of hydrogen-bond donors (Lipinski definition) is 2. The second-order valence-corrected chi connectivity index (χ2v) is 3.38. The molecule has 0 rings (SSSR count). The Hall–Kier alpha value is -0.520. The normalized spacial score (nSPS) is 15.2. The third kappa shape index (κ3) is 6.21. The maximum absolute atomic E-state index is 9.70.